The van der Waals surface area contributed by atoms with Crippen LogP contribution in [0.1, 0.15) is 17.0 Å². The van der Waals surface area contributed by atoms with Gasteiger partial charge in [-0.2, -0.15) is 4.31 Å². The fourth-order valence-corrected chi connectivity index (χ4v) is 5.21. The number of carbonyl (C=O) groups is 1. The monoisotopic (exact) mass is 425 g/mol. The Kier molecular flexibility index (Phi) is 5.44. The van der Waals surface area contributed by atoms with Crippen LogP contribution in [0.3, 0.4) is 0 Å². The molecule has 0 N–H and O–H groups in total. The van der Waals surface area contributed by atoms with Gasteiger partial charge in [-0.25, -0.2) is 13.4 Å². The number of hydrogen-bond donors (Lipinski definition) is 0. The van der Waals surface area contributed by atoms with Crippen molar-refractivity contribution < 1.29 is 17.6 Å². The van der Waals surface area contributed by atoms with Crippen molar-refractivity contribution in [2.75, 3.05) is 26.2 Å². The summed E-state index contributed by atoms with van der Waals surface area (Å²) < 4.78 is 33.0. The molecule has 3 aromatic rings. The van der Waals surface area contributed by atoms with Crippen molar-refractivity contribution in [2.24, 2.45) is 0 Å². The van der Waals surface area contributed by atoms with E-state index in [1.165, 1.54) is 10.4 Å². The predicted octanol–water partition coefficient (Wildman–Crippen LogP) is 2.99. The number of aromatic nitrogens is 1. The topological polar surface area (TPSA) is 83.7 Å². The highest BCUT2D eigenvalue weighted by Gasteiger charge is 2.30. The lowest BCUT2D eigenvalue weighted by atomic mass is 10.2. The zero-order chi connectivity index (χ0) is 21.3. The summed E-state index contributed by atoms with van der Waals surface area (Å²) in [5, 5.41) is 0. The number of para-hydroxylation sites is 2. The van der Waals surface area contributed by atoms with E-state index in [4.69, 9.17) is 4.42 Å². The molecular formula is C22H23N3O4S. The number of piperazine rings is 1. The van der Waals surface area contributed by atoms with Crippen molar-refractivity contribution >= 4 is 33.1 Å². The molecule has 0 atom stereocenters. The maximum atomic E-state index is 13.0. The van der Waals surface area contributed by atoms with Crippen molar-refractivity contribution in [1.82, 2.24) is 14.2 Å². The van der Waals surface area contributed by atoms with E-state index in [0.29, 0.717) is 29.5 Å². The molecule has 4 rings (SSSR count). The summed E-state index contributed by atoms with van der Waals surface area (Å²) in [6.07, 6.45) is 2.96. The van der Waals surface area contributed by atoms with Crippen molar-refractivity contribution in [3.05, 3.63) is 65.6 Å². The van der Waals surface area contributed by atoms with E-state index in [9.17, 15) is 13.2 Å². The third-order valence-corrected chi connectivity index (χ3v) is 7.24. The second kappa shape index (κ2) is 8.04. The minimum Gasteiger partial charge on any atom is -0.437 e. The number of hydrogen-bond acceptors (Lipinski definition) is 5. The molecular weight excluding hydrogens is 402 g/mol. The van der Waals surface area contributed by atoms with E-state index < -0.39 is 10.0 Å². The summed E-state index contributed by atoms with van der Waals surface area (Å²) in [5.41, 5.74) is 3.15. The van der Waals surface area contributed by atoms with E-state index in [0.717, 1.165) is 16.6 Å². The predicted molar refractivity (Wildman–Crippen MR) is 114 cm³/mol. The lowest BCUT2D eigenvalue weighted by Gasteiger charge is -2.33. The molecule has 0 spiro atoms. The highest BCUT2D eigenvalue weighted by molar-refractivity contribution is 7.89. The molecule has 0 radical (unpaired) electrons. The van der Waals surface area contributed by atoms with Gasteiger partial charge >= 0.3 is 0 Å². The van der Waals surface area contributed by atoms with Gasteiger partial charge in [-0.15, -0.1) is 0 Å². The number of fused-ring (bicyclic) bond motifs is 1. The molecule has 2 aromatic carbocycles. The van der Waals surface area contributed by atoms with Crippen LogP contribution in [0, 0.1) is 13.8 Å². The molecule has 0 saturated carbocycles. The summed E-state index contributed by atoms with van der Waals surface area (Å²) in [5.74, 6) is 0.168. The van der Waals surface area contributed by atoms with Crippen molar-refractivity contribution in [2.45, 2.75) is 18.7 Å². The molecule has 0 aliphatic carbocycles. The summed E-state index contributed by atoms with van der Waals surface area (Å²) >= 11 is 0. The molecule has 0 bridgehead atoms. The van der Waals surface area contributed by atoms with Gasteiger partial charge in [-0.1, -0.05) is 29.8 Å². The number of amides is 1. The van der Waals surface area contributed by atoms with Crippen molar-refractivity contribution in [3.63, 3.8) is 0 Å². The first-order chi connectivity index (χ1) is 14.3. The van der Waals surface area contributed by atoms with Crippen LogP contribution in [0.25, 0.3) is 17.2 Å². The Hall–Kier alpha value is -2.97. The van der Waals surface area contributed by atoms with E-state index in [2.05, 4.69) is 4.98 Å². The standard InChI is InChI=1S/C22H23N3O4S/c1-16-7-8-20(17(2)15-16)30(27,28)25-13-11-24(12-14-25)22(26)10-9-21-23-18-5-3-4-6-19(18)29-21/h3-10,15H,11-14H2,1-2H3/b10-9+. The molecule has 1 aliphatic rings. The number of aryl methyl sites for hydroxylation is 2. The van der Waals surface area contributed by atoms with Gasteiger partial charge in [0.2, 0.25) is 21.8 Å². The van der Waals surface area contributed by atoms with Crippen LogP contribution >= 0.6 is 0 Å². The van der Waals surface area contributed by atoms with Crippen LogP contribution in [0.15, 0.2) is 57.9 Å². The zero-order valence-corrected chi connectivity index (χ0v) is 17.7. The Morgan fingerprint density at radius 1 is 1.07 bits per heavy atom. The normalized spacial score (nSPS) is 15.9. The summed E-state index contributed by atoms with van der Waals surface area (Å²) in [7, 11) is -3.58. The molecule has 30 heavy (non-hydrogen) atoms. The first kappa shape index (κ1) is 20.3. The Balaban J connectivity index is 1.40. The number of benzene rings is 2. The minimum absolute atomic E-state index is 0.194. The number of sulfonamides is 1. The first-order valence-corrected chi connectivity index (χ1v) is 11.2. The highest BCUT2D eigenvalue weighted by atomic mass is 32.2. The van der Waals surface area contributed by atoms with Crippen LogP contribution in [0.2, 0.25) is 0 Å². The average molecular weight is 426 g/mol. The van der Waals surface area contributed by atoms with Crippen LogP contribution in [-0.2, 0) is 14.8 Å². The Labute approximate surface area is 175 Å². The number of nitrogens with zero attached hydrogens (tertiary/aromatic N) is 3. The van der Waals surface area contributed by atoms with Gasteiger partial charge < -0.3 is 9.32 Å². The van der Waals surface area contributed by atoms with Crippen LogP contribution in [-0.4, -0.2) is 54.7 Å². The molecule has 1 aromatic heterocycles. The molecule has 1 amide bonds. The Morgan fingerprint density at radius 3 is 2.50 bits per heavy atom. The van der Waals surface area contributed by atoms with Crippen molar-refractivity contribution in [1.29, 1.82) is 0 Å². The maximum absolute atomic E-state index is 13.0. The van der Waals surface area contributed by atoms with E-state index in [-0.39, 0.29) is 19.0 Å². The van der Waals surface area contributed by atoms with Crippen LogP contribution in [0.4, 0.5) is 0 Å². The van der Waals surface area contributed by atoms with Crippen molar-refractivity contribution in [3.8, 4) is 0 Å². The highest BCUT2D eigenvalue weighted by Crippen LogP contribution is 2.22. The smallest absolute Gasteiger partial charge is 0.246 e. The molecule has 0 unspecified atom stereocenters. The molecule has 156 valence electrons. The van der Waals surface area contributed by atoms with Gasteiger partial charge in [-0.3, -0.25) is 4.79 Å². The quantitative estimate of drug-likeness (QED) is 0.600. The molecule has 2 heterocycles. The average Bonchev–Trinajstić information content (AvgIpc) is 3.15. The van der Waals surface area contributed by atoms with Crippen LogP contribution < -0.4 is 0 Å². The van der Waals surface area contributed by atoms with E-state index in [1.54, 1.807) is 30.0 Å². The van der Waals surface area contributed by atoms with Gasteiger partial charge in [0.05, 0.1) is 4.90 Å². The second-order valence-corrected chi connectivity index (χ2v) is 9.26. The third kappa shape index (κ3) is 4.01. The fourth-order valence-electron chi connectivity index (χ4n) is 3.59. The van der Waals surface area contributed by atoms with E-state index >= 15 is 0 Å². The molecule has 8 heteroatoms. The largest absolute Gasteiger partial charge is 0.437 e. The number of carbonyl (C=O) groups excluding carboxylic acids is 1. The first-order valence-electron chi connectivity index (χ1n) is 9.74. The Morgan fingerprint density at radius 2 is 1.80 bits per heavy atom. The van der Waals surface area contributed by atoms with Crippen LogP contribution in [0.5, 0.6) is 0 Å². The number of rotatable bonds is 4. The molecule has 7 nitrogen and oxygen atoms in total. The maximum Gasteiger partial charge on any atom is 0.246 e. The minimum atomic E-state index is -3.58. The lowest BCUT2D eigenvalue weighted by molar-refractivity contribution is -0.127. The second-order valence-electron chi connectivity index (χ2n) is 7.35. The van der Waals surface area contributed by atoms with Gasteiger partial charge in [0.25, 0.3) is 0 Å². The SMILES string of the molecule is Cc1ccc(S(=O)(=O)N2CCN(C(=O)/C=C/c3nc4ccccc4o3)CC2)c(C)c1. The summed E-state index contributed by atoms with van der Waals surface area (Å²) in [6.45, 7) is 4.93. The fraction of sp³-hybridized carbons (Fsp3) is 0.273. The number of oxazole rings is 1. The van der Waals surface area contributed by atoms with Gasteiger partial charge in [-0.05, 0) is 37.6 Å². The van der Waals surface area contributed by atoms with Gasteiger partial charge in [0.1, 0.15) is 5.52 Å². The summed E-state index contributed by atoms with van der Waals surface area (Å²) in [4.78, 5) is 18.8. The summed E-state index contributed by atoms with van der Waals surface area (Å²) in [6, 6.07) is 12.7. The zero-order valence-electron chi connectivity index (χ0n) is 16.9. The van der Waals surface area contributed by atoms with E-state index in [1.807, 2.05) is 37.3 Å². The lowest BCUT2D eigenvalue weighted by Crippen LogP contribution is -2.50. The Bertz CT molecular complexity index is 1190. The van der Waals surface area contributed by atoms with Gasteiger partial charge in [0.15, 0.2) is 5.58 Å². The van der Waals surface area contributed by atoms with Gasteiger partial charge in [0, 0.05) is 38.3 Å². The molecule has 1 fully saturated rings. The third-order valence-electron chi connectivity index (χ3n) is 5.18. The molecule has 1 aliphatic heterocycles. The molecule has 1 saturated heterocycles.